The van der Waals surface area contributed by atoms with E-state index in [1.165, 1.54) is 35.2 Å². The molecule has 1 saturated heterocycles. The normalized spacial score (nSPS) is 17.7. The first-order valence-electron chi connectivity index (χ1n) is 8.90. The fraction of sp³-hybridized carbons (Fsp3) is 0.250. The Morgan fingerprint density at radius 2 is 2.03 bits per heavy atom. The quantitative estimate of drug-likeness (QED) is 0.442. The van der Waals surface area contributed by atoms with Gasteiger partial charge in [0.15, 0.2) is 12.2 Å². The SMILES string of the molecule is Cc1cc(F)ccc1N1CCO[C@H]([C@@H](O)C(=O)Nc2ccc(C(=N)N)cc2)C1=O. The number of amides is 2. The molecule has 0 saturated carbocycles. The van der Waals surface area contributed by atoms with Crippen molar-refractivity contribution in [3.05, 3.63) is 59.4 Å². The van der Waals surface area contributed by atoms with Gasteiger partial charge in [-0.1, -0.05) is 0 Å². The molecule has 2 amide bonds. The van der Waals surface area contributed by atoms with Crippen LogP contribution in [-0.2, 0) is 14.3 Å². The molecule has 1 aliphatic heterocycles. The van der Waals surface area contributed by atoms with Crippen molar-refractivity contribution in [2.24, 2.45) is 5.73 Å². The molecule has 1 heterocycles. The number of aryl methyl sites for hydroxylation is 1. The van der Waals surface area contributed by atoms with Gasteiger partial charge in [-0.15, -0.1) is 0 Å². The third-order valence-corrected chi connectivity index (χ3v) is 4.59. The number of hydrogen-bond donors (Lipinski definition) is 4. The summed E-state index contributed by atoms with van der Waals surface area (Å²) in [6.45, 7) is 2.01. The first-order chi connectivity index (χ1) is 13.8. The van der Waals surface area contributed by atoms with Gasteiger partial charge in [0.1, 0.15) is 11.7 Å². The van der Waals surface area contributed by atoms with Gasteiger partial charge in [0, 0.05) is 23.5 Å². The van der Waals surface area contributed by atoms with Crippen LogP contribution in [0.2, 0.25) is 0 Å². The summed E-state index contributed by atoms with van der Waals surface area (Å²) in [5.41, 5.74) is 7.29. The van der Waals surface area contributed by atoms with E-state index in [1.807, 2.05) is 0 Å². The average Bonchev–Trinajstić information content (AvgIpc) is 2.68. The van der Waals surface area contributed by atoms with Gasteiger partial charge in [-0.3, -0.25) is 15.0 Å². The Bertz CT molecular complexity index is 948. The van der Waals surface area contributed by atoms with Crippen LogP contribution in [0.15, 0.2) is 42.5 Å². The number of aliphatic hydroxyl groups excluding tert-OH is 1. The van der Waals surface area contributed by atoms with Crippen LogP contribution in [0.4, 0.5) is 15.8 Å². The van der Waals surface area contributed by atoms with E-state index in [2.05, 4.69) is 5.32 Å². The van der Waals surface area contributed by atoms with Gasteiger partial charge in [0.2, 0.25) is 0 Å². The number of nitrogens with one attached hydrogen (secondary N) is 2. The molecule has 0 aliphatic carbocycles. The fourth-order valence-corrected chi connectivity index (χ4v) is 3.08. The Kier molecular flexibility index (Phi) is 5.90. The van der Waals surface area contributed by atoms with E-state index in [9.17, 15) is 19.1 Å². The van der Waals surface area contributed by atoms with E-state index in [0.29, 0.717) is 22.5 Å². The van der Waals surface area contributed by atoms with Crippen LogP contribution < -0.4 is 16.0 Å². The molecule has 2 aromatic rings. The van der Waals surface area contributed by atoms with Crippen molar-refractivity contribution in [3.63, 3.8) is 0 Å². The zero-order chi connectivity index (χ0) is 21.1. The minimum atomic E-state index is -1.74. The smallest absolute Gasteiger partial charge is 0.259 e. The lowest BCUT2D eigenvalue weighted by Crippen LogP contribution is -2.55. The number of halogens is 1. The third-order valence-electron chi connectivity index (χ3n) is 4.59. The van der Waals surface area contributed by atoms with E-state index < -0.39 is 29.8 Å². The largest absolute Gasteiger partial charge is 0.384 e. The van der Waals surface area contributed by atoms with Gasteiger partial charge in [0.05, 0.1) is 6.61 Å². The van der Waals surface area contributed by atoms with Crippen molar-refractivity contribution in [1.29, 1.82) is 5.41 Å². The van der Waals surface area contributed by atoms with Gasteiger partial charge in [-0.05, 0) is 55.0 Å². The number of aliphatic hydroxyl groups is 1. The molecule has 8 nitrogen and oxygen atoms in total. The third kappa shape index (κ3) is 4.41. The van der Waals surface area contributed by atoms with E-state index in [-0.39, 0.29) is 19.0 Å². The monoisotopic (exact) mass is 400 g/mol. The predicted octanol–water partition coefficient (Wildman–Crippen LogP) is 1.15. The molecular weight excluding hydrogens is 379 g/mol. The van der Waals surface area contributed by atoms with Gasteiger partial charge < -0.3 is 25.8 Å². The van der Waals surface area contributed by atoms with Crippen molar-refractivity contribution < 1.29 is 23.8 Å². The lowest BCUT2D eigenvalue weighted by molar-refractivity contribution is -0.150. The second-order valence-electron chi connectivity index (χ2n) is 6.64. The molecular formula is C20H21FN4O4. The maximum absolute atomic E-state index is 13.4. The fourth-order valence-electron chi connectivity index (χ4n) is 3.08. The summed E-state index contributed by atoms with van der Waals surface area (Å²) >= 11 is 0. The van der Waals surface area contributed by atoms with Crippen molar-refractivity contribution >= 4 is 29.0 Å². The Morgan fingerprint density at radius 1 is 1.34 bits per heavy atom. The van der Waals surface area contributed by atoms with Crippen LogP contribution in [0, 0.1) is 18.2 Å². The average molecular weight is 400 g/mol. The van der Waals surface area contributed by atoms with E-state index >= 15 is 0 Å². The molecule has 29 heavy (non-hydrogen) atoms. The van der Waals surface area contributed by atoms with E-state index in [0.717, 1.165) is 0 Å². The number of rotatable bonds is 5. The van der Waals surface area contributed by atoms with Gasteiger partial charge in [-0.2, -0.15) is 0 Å². The lowest BCUT2D eigenvalue weighted by atomic mass is 10.1. The first-order valence-corrected chi connectivity index (χ1v) is 8.90. The second-order valence-corrected chi connectivity index (χ2v) is 6.64. The second kappa shape index (κ2) is 8.38. The molecule has 9 heteroatoms. The summed E-state index contributed by atoms with van der Waals surface area (Å²) in [5.74, 6) is -1.92. The van der Waals surface area contributed by atoms with Gasteiger partial charge in [-0.25, -0.2) is 4.39 Å². The number of nitrogens with two attached hydrogens (primary N) is 1. The van der Waals surface area contributed by atoms with Crippen molar-refractivity contribution in [3.8, 4) is 0 Å². The number of hydrogen-bond acceptors (Lipinski definition) is 5. The van der Waals surface area contributed by atoms with Crippen LogP contribution in [0.3, 0.4) is 0 Å². The highest BCUT2D eigenvalue weighted by Gasteiger charge is 2.39. The van der Waals surface area contributed by atoms with E-state index in [4.69, 9.17) is 15.9 Å². The number of ether oxygens (including phenoxy) is 1. The lowest BCUT2D eigenvalue weighted by Gasteiger charge is -2.34. The van der Waals surface area contributed by atoms with Crippen molar-refractivity contribution in [2.75, 3.05) is 23.4 Å². The van der Waals surface area contributed by atoms with Crippen LogP contribution in [0.1, 0.15) is 11.1 Å². The highest BCUT2D eigenvalue weighted by molar-refractivity contribution is 6.04. The molecule has 152 valence electrons. The first kappa shape index (κ1) is 20.4. The Balaban J connectivity index is 1.72. The number of benzene rings is 2. The molecule has 5 N–H and O–H groups in total. The minimum Gasteiger partial charge on any atom is -0.384 e. The summed E-state index contributed by atoms with van der Waals surface area (Å²) in [7, 11) is 0. The molecule has 1 fully saturated rings. The number of amidine groups is 1. The van der Waals surface area contributed by atoms with Crippen LogP contribution in [0.5, 0.6) is 0 Å². The summed E-state index contributed by atoms with van der Waals surface area (Å²) in [6.07, 6.45) is -3.12. The number of nitrogen functional groups attached to an aromatic ring is 1. The Morgan fingerprint density at radius 3 is 2.66 bits per heavy atom. The number of carbonyl (C=O) groups excluding carboxylic acids is 2. The predicted molar refractivity (Wildman–Crippen MR) is 105 cm³/mol. The number of morpholine rings is 1. The topological polar surface area (TPSA) is 129 Å². The molecule has 2 aromatic carbocycles. The van der Waals surface area contributed by atoms with E-state index in [1.54, 1.807) is 19.1 Å². The molecule has 0 spiro atoms. The molecule has 1 aliphatic rings. The number of carbonyl (C=O) groups is 2. The molecule has 0 aromatic heterocycles. The van der Waals surface area contributed by atoms with Crippen LogP contribution >= 0.6 is 0 Å². The molecule has 3 rings (SSSR count). The molecule has 0 unspecified atom stereocenters. The van der Waals surface area contributed by atoms with Crippen molar-refractivity contribution in [1.82, 2.24) is 0 Å². The molecule has 0 radical (unpaired) electrons. The van der Waals surface area contributed by atoms with Gasteiger partial charge in [0.25, 0.3) is 11.8 Å². The zero-order valence-corrected chi connectivity index (χ0v) is 15.7. The maximum atomic E-state index is 13.4. The van der Waals surface area contributed by atoms with Crippen LogP contribution in [-0.4, -0.2) is 48.1 Å². The summed E-state index contributed by atoms with van der Waals surface area (Å²) in [4.78, 5) is 26.6. The highest BCUT2D eigenvalue weighted by atomic mass is 19.1. The Labute approximate surface area is 166 Å². The number of nitrogens with zero attached hydrogens (tertiary/aromatic N) is 1. The van der Waals surface area contributed by atoms with Gasteiger partial charge >= 0.3 is 0 Å². The standard InChI is InChI=1S/C20H21FN4O4/c1-11-10-13(21)4-7-15(11)25-8-9-29-17(20(25)28)16(26)19(27)24-14-5-2-12(3-6-14)18(22)23/h2-7,10,16-17,26H,8-9H2,1H3,(H3,22,23)(H,24,27)/t16-,17-/m1/s1. The highest BCUT2D eigenvalue weighted by Crippen LogP contribution is 2.25. The summed E-state index contributed by atoms with van der Waals surface area (Å²) in [6, 6.07) is 10.2. The number of anilines is 2. The van der Waals surface area contributed by atoms with Crippen LogP contribution in [0.25, 0.3) is 0 Å². The molecule has 0 bridgehead atoms. The molecule has 2 atom stereocenters. The zero-order valence-electron chi connectivity index (χ0n) is 15.7. The Hall–Kier alpha value is -3.30. The van der Waals surface area contributed by atoms with Crippen molar-refractivity contribution in [2.45, 2.75) is 19.1 Å². The minimum absolute atomic E-state index is 0.111. The maximum Gasteiger partial charge on any atom is 0.259 e. The summed E-state index contributed by atoms with van der Waals surface area (Å²) in [5, 5.41) is 20.3. The summed E-state index contributed by atoms with van der Waals surface area (Å²) < 4.78 is 18.7.